The minimum atomic E-state index is 0.448. The third-order valence-electron chi connectivity index (χ3n) is 10.3. The molecule has 0 amide bonds. The Morgan fingerprint density at radius 3 is 2.73 bits per heavy atom. The van der Waals surface area contributed by atoms with Gasteiger partial charge in [-0.3, -0.25) is 0 Å². The van der Waals surface area contributed by atoms with Crippen LogP contribution in [-0.2, 0) is 4.52 Å². The highest BCUT2D eigenvalue weighted by Crippen LogP contribution is 2.67. The number of hydrogen-bond donors (Lipinski definition) is 0. The van der Waals surface area contributed by atoms with Crippen molar-refractivity contribution in [2.45, 2.75) is 90.6 Å². The quantitative estimate of drug-likeness (QED) is 0.112. The molecule has 3 unspecified atom stereocenters. The maximum atomic E-state index is 6.06. The van der Waals surface area contributed by atoms with Gasteiger partial charge in [-0.2, -0.15) is 0 Å². The van der Waals surface area contributed by atoms with Gasteiger partial charge in [0, 0.05) is 12.0 Å². The van der Waals surface area contributed by atoms with Crippen LogP contribution in [0, 0.1) is 46.3 Å². The molecule has 0 spiro atoms. The molecule has 0 radical (unpaired) electrons. The number of halogens is 1. The summed E-state index contributed by atoms with van der Waals surface area (Å²) in [5, 5.41) is 0. The Hall–Kier alpha value is -0.360. The summed E-state index contributed by atoms with van der Waals surface area (Å²) in [5.74, 6) is 10.5. The van der Waals surface area contributed by atoms with Crippen LogP contribution in [-0.4, -0.2) is 6.10 Å². The summed E-state index contributed by atoms with van der Waals surface area (Å²) < 4.78 is 6.06. The van der Waals surface area contributed by atoms with Gasteiger partial charge in [0.1, 0.15) is 0 Å². The van der Waals surface area contributed by atoms with Gasteiger partial charge >= 0.3 is 0 Å². The molecule has 1 aromatic carbocycles. The van der Waals surface area contributed by atoms with E-state index in [2.05, 4.69) is 84.1 Å². The minimum absolute atomic E-state index is 0.448. The summed E-state index contributed by atoms with van der Waals surface area (Å²) in [7, 11) is 0. The molecule has 1 aromatic rings. The lowest BCUT2D eigenvalue weighted by molar-refractivity contribution is -0.0484. The average molecular weight is 575 g/mol. The van der Waals surface area contributed by atoms with Gasteiger partial charge in [-0.1, -0.05) is 55.5 Å². The monoisotopic (exact) mass is 574 g/mol. The van der Waals surface area contributed by atoms with Crippen LogP contribution in [0.15, 0.2) is 42.0 Å². The Labute approximate surface area is 216 Å². The lowest BCUT2D eigenvalue weighted by atomic mass is 9.47. The first-order chi connectivity index (χ1) is 16.0. The average Bonchev–Trinajstić information content (AvgIpc) is 3.16. The van der Waals surface area contributed by atoms with E-state index < -0.39 is 0 Å². The van der Waals surface area contributed by atoms with E-state index in [1.807, 2.05) is 0 Å². The molecule has 3 heteroatoms. The third kappa shape index (κ3) is 4.73. The molecular weight excluding hydrogens is 534 g/mol. The number of hydrogen-bond acceptors (Lipinski definition) is 1. The first-order valence-corrected chi connectivity index (χ1v) is 17.3. The Kier molecular flexibility index (Phi) is 7.61. The van der Waals surface area contributed by atoms with Gasteiger partial charge in [-0.25, -0.2) is 0 Å². The fourth-order valence-electron chi connectivity index (χ4n) is 8.50. The zero-order valence-electron chi connectivity index (χ0n) is 20.4. The van der Waals surface area contributed by atoms with Crippen LogP contribution in [0.1, 0.15) is 90.0 Å². The van der Waals surface area contributed by atoms with Gasteiger partial charge in [-0.05, 0) is 133 Å². The SMILES string of the molecule is C[C@]12CC[C@H](OPI)CC1=CC[C@@H]1C2CC[C@@]2(C)C1CC[C@@H]2CCCC#Cc1ccccc1. The van der Waals surface area contributed by atoms with Gasteiger partial charge in [0.25, 0.3) is 0 Å². The fraction of sp³-hybridized carbons (Fsp3) is 0.667. The Bertz CT molecular complexity index is 916. The molecule has 0 heterocycles. The maximum Gasteiger partial charge on any atom is 0.0797 e. The van der Waals surface area contributed by atoms with Crippen molar-refractivity contribution in [2.75, 3.05) is 0 Å². The highest BCUT2D eigenvalue weighted by atomic mass is 127. The number of benzene rings is 1. The molecule has 4 aliphatic carbocycles. The van der Waals surface area contributed by atoms with Crippen molar-refractivity contribution < 1.29 is 4.52 Å². The molecule has 0 saturated heterocycles. The predicted octanol–water partition coefficient (Wildman–Crippen LogP) is 9.12. The van der Waals surface area contributed by atoms with Crippen LogP contribution >= 0.6 is 28.5 Å². The van der Waals surface area contributed by atoms with Crippen LogP contribution in [0.5, 0.6) is 0 Å². The van der Waals surface area contributed by atoms with E-state index in [1.165, 1.54) is 64.2 Å². The predicted molar refractivity (Wildman–Crippen MR) is 150 cm³/mol. The first kappa shape index (κ1) is 24.3. The standard InChI is InChI=1S/C30H40IOP/c1-29-20-18-28-26(15-13-24-21-25(32-33-31)17-19-30(24,28)2)27(29)16-14-23(29)12-8-4-7-11-22-9-5-3-6-10-22/h3,5-6,9-10,13,23,25-28,33H,4,8,12,14-21H2,1-2H3/t23-,25-,26-,27?,28?,29+,30-/m0/s1. The van der Waals surface area contributed by atoms with Gasteiger partial charge in [0.2, 0.25) is 0 Å². The maximum absolute atomic E-state index is 6.06. The van der Waals surface area contributed by atoms with E-state index in [4.69, 9.17) is 4.52 Å². The van der Waals surface area contributed by atoms with Crippen LogP contribution in [0.3, 0.4) is 0 Å². The molecule has 3 saturated carbocycles. The largest absolute Gasteiger partial charge is 0.348 e. The third-order valence-corrected chi connectivity index (χ3v) is 11.5. The summed E-state index contributed by atoms with van der Waals surface area (Å²) >= 11 is 2.39. The van der Waals surface area contributed by atoms with Gasteiger partial charge in [-0.15, -0.1) is 0 Å². The number of allylic oxidation sites excluding steroid dienone is 1. The van der Waals surface area contributed by atoms with Gasteiger partial charge in [0.15, 0.2) is 0 Å². The van der Waals surface area contributed by atoms with E-state index in [0.717, 1.165) is 35.7 Å². The molecule has 0 bridgehead atoms. The van der Waals surface area contributed by atoms with Crippen molar-refractivity contribution in [1.82, 2.24) is 0 Å². The number of fused-ring (bicyclic) bond motifs is 5. The summed E-state index contributed by atoms with van der Waals surface area (Å²) in [6.07, 6.45) is 17.8. The van der Waals surface area contributed by atoms with Crippen LogP contribution in [0.25, 0.3) is 0 Å². The van der Waals surface area contributed by atoms with Crippen LogP contribution < -0.4 is 0 Å². The second-order valence-electron chi connectivity index (χ2n) is 11.7. The molecular formula is C30H40IOP. The van der Waals surface area contributed by atoms with Crippen molar-refractivity contribution in [3.63, 3.8) is 0 Å². The number of rotatable bonds is 5. The van der Waals surface area contributed by atoms with E-state index in [1.54, 1.807) is 5.57 Å². The van der Waals surface area contributed by atoms with E-state index in [-0.39, 0.29) is 0 Å². The normalized spacial score (nSPS) is 39.8. The zero-order valence-corrected chi connectivity index (χ0v) is 23.6. The van der Waals surface area contributed by atoms with Crippen LogP contribution in [0.4, 0.5) is 0 Å². The molecule has 4 aliphatic rings. The van der Waals surface area contributed by atoms with Crippen molar-refractivity contribution >= 4 is 28.5 Å². The minimum Gasteiger partial charge on any atom is -0.348 e. The molecule has 33 heavy (non-hydrogen) atoms. The van der Waals surface area contributed by atoms with Crippen molar-refractivity contribution in [3.8, 4) is 11.8 Å². The molecule has 3 fully saturated rings. The van der Waals surface area contributed by atoms with Crippen molar-refractivity contribution in [2.24, 2.45) is 34.5 Å². The number of unbranched alkanes of at least 4 members (excludes halogenated alkanes) is 1. The Morgan fingerprint density at radius 1 is 1.06 bits per heavy atom. The second kappa shape index (κ2) is 10.3. The molecule has 1 nitrogen and oxygen atoms in total. The van der Waals surface area contributed by atoms with E-state index in [9.17, 15) is 0 Å². The lowest BCUT2D eigenvalue weighted by Gasteiger charge is -2.58. The molecule has 0 aliphatic heterocycles. The van der Waals surface area contributed by atoms with Crippen molar-refractivity contribution in [1.29, 1.82) is 0 Å². The fourth-order valence-corrected chi connectivity index (χ4v) is 9.90. The summed E-state index contributed by atoms with van der Waals surface area (Å²) in [5.41, 5.74) is 3.92. The first-order valence-electron chi connectivity index (χ1n) is 13.3. The molecule has 8 atom stereocenters. The lowest BCUT2D eigenvalue weighted by Crippen LogP contribution is -2.50. The topological polar surface area (TPSA) is 9.23 Å². The smallest absolute Gasteiger partial charge is 0.0797 e. The van der Waals surface area contributed by atoms with Crippen LogP contribution in [0.2, 0.25) is 0 Å². The molecule has 0 aromatic heterocycles. The highest BCUT2D eigenvalue weighted by molar-refractivity contribution is 14.2. The van der Waals surface area contributed by atoms with Crippen molar-refractivity contribution in [3.05, 3.63) is 47.5 Å². The van der Waals surface area contributed by atoms with E-state index in [0.29, 0.717) is 23.4 Å². The highest BCUT2D eigenvalue weighted by Gasteiger charge is 2.58. The molecule has 0 N–H and O–H groups in total. The summed E-state index contributed by atoms with van der Waals surface area (Å²) in [6, 6.07) is 10.4. The Balaban J connectivity index is 1.21. The zero-order chi connectivity index (χ0) is 22.9. The second-order valence-corrected chi connectivity index (χ2v) is 13.4. The van der Waals surface area contributed by atoms with E-state index >= 15 is 0 Å². The Morgan fingerprint density at radius 2 is 1.91 bits per heavy atom. The molecule has 5 rings (SSSR count). The van der Waals surface area contributed by atoms with Gasteiger partial charge < -0.3 is 4.52 Å². The summed E-state index contributed by atoms with van der Waals surface area (Å²) in [4.78, 5) is 0. The summed E-state index contributed by atoms with van der Waals surface area (Å²) in [6.45, 7) is 5.90. The molecule has 178 valence electrons. The van der Waals surface area contributed by atoms with Gasteiger partial charge in [0.05, 0.1) is 12.6 Å².